The molecule has 13 heavy (non-hydrogen) atoms. The molecule has 0 saturated heterocycles. The van der Waals surface area contributed by atoms with E-state index < -0.39 is 0 Å². The molecule has 2 aromatic heterocycles. The zero-order valence-electron chi connectivity index (χ0n) is 6.11. The van der Waals surface area contributed by atoms with Crippen molar-refractivity contribution >= 4 is 38.9 Å². The van der Waals surface area contributed by atoms with Gasteiger partial charge in [-0.15, -0.1) is 10.2 Å². The molecule has 2 rings (SSSR count). The standard InChI is InChI=1S/C6H2BrClN4S/c7-3-1-9-4(10-2-3)5-11-12-6(8)13-5/h1-2H. The van der Waals surface area contributed by atoms with Crippen molar-refractivity contribution in [3.63, 3.8) is 0 Å². The highest BCUT2D eigenvalue weighted by atomic mass is 79.9. The molecular formula is C6H2BrClN4S. The van der Waals surface area contributed by atoms with Crippen LogP contribution in [0.4, 0.5) is 0 Å². The van der Waals surface area contributed by atoms with Crippen molar-refractivity contribution in [2.24, 2.45) is 0 Å². The Balaban J connectivity index is 2.41. The van der Waals surface area contributed by atoms with Crippen LogP contribution < -0.4 is 0 Å². The first-order chi connectivity index (χ1) is 6.25. The van der Waals surface area contributed by atoms with Gasteiger partial charge >= 0.3 is 0 Å². The largest absolute Gasteiger partial charge is 0.233 e. The van der Waals surface area contributed by atoms with Crippen LogP contribution in [0.1, 0.15) is 0 Å². The first kappa shape index (κ1) is 8.98. The van der Waals surface area contributed by atoms with Gasteiger partial charge in [-0.3, -0.25) is 0 Å². The molecule has 7 heteroatoms. The Hall–Kier alpha value is -0.590. The van der Waals surface area contributed by atoms with Crippen LogP contribution in [0.5, 0.6) is 0 Å². The minimum absolute atomic E-state index is 0.390. The molecule has 0 atom stereocenters. The fraction of sp³-hybridized carbons (Fsp3) is 0. The minimum atomic E-state index is 0.390. The fourth-order valence-corrected chi connectivity index (χ4v) is 1.70. The molecule has 2 aromatic rings. The van der Waals surface area contributed by atoms with E-state index in [1.54, 1.807) is 12.4 Å². The molecule has 0 radical (unpaired) electrons. The van der Waals surface area contributed by atoms with Gasteiger partial charge in [0.25, 0.3) is 0 Å². The highest BCUT2D eigenvalue weighted by molar-refractivity contribution is 9.10. The summed E-state index contributed by atoms with van der Waals surface area (Å²) in [5, 5.41) is 8.09. The van der Waals surface area contributed by atoms with Crippen LogP contribution in [0, 0.1) is 0 Å². The van der Waals surface area contributed by atoms with Crippen molar-refractivity contribution in [2.75, 3.05) is 0 Å². The second kappa shape index (κ2) is 3.65. The lowest BCUT2D eigenvalue weighted by Gasteiger charge is -1.91. The molecule has 0 bridgehead atoms. The summed E-state index contributed by atoms with van der Waals surface area (Å²) in [6.07, 6.45) is 3.30. The number of hydrogen-bond acceptors (Lipinski definition) is 5. The quantitative estimate of drug-likeness (QED) is 0.803. The van der Waals surface area contributed by atoms with Gasteiger partial charge in [-0.25, -0.2) is 9.97 Å². The lowest BCUT2D eigenvalue weighted by atomic mass is 10.6. The number of hydrogen-bond donors (Lipinski definition) is 0. The minimum Gasteiger partial charge on any atom is -0.233 e. The summed E-state index contributed by atoms with van der Waals surface area (Å²) in [5.74, 6) is 0.535. The predicted octanol–water partition coefficient (Wildman–Crippen LogP) is 2.41. The molecule has 0 fully saturated rings. The van der Waals surface area contributed by atoms with Crippen LogP contribution in [-0.4, -0.2) is 20.2 Å². The van der Waals surface area contributed by atoms with Crippen LogP contribution in [0.3, 0.4) is 0 Å². The van der Waals surface area contributed by atoms with Crippen LogP contribution >= 0.6 is 38.9 Å². The van der Waals surface area contributed by atoms with Crippen molar-refractivity contribution in [1.29, 1.82) is 0 Å². The number of aromatic nitrogens is 4. The lowest BCUT2D eigenvalue weighted by molar-refractivity contribution is 1.06. The second-order valence-corrected chi connectivity index (χ2v) is 4.56. The molecule has 66 valence electrons. The summed E-state index contributed by atoms with van der Waals surface area (Å²) in [5.41, 5.74) is 0. The third-order valence-electron chi connectivity index (χ3n) is 1.21. The topological polar surface area (TPSA) is 51.6 Å². The van der Waals surface area contributed by atoms with E-state index in [9.17, 15) is 0 Å². The zero-order valence-corrected chi connectivity index (χ0v) is 9.27. The Labute approximate surface area is 91.1 Å². The Morgan fingerprint density at radius 2 is 1.92 bits per heavy atom. The van der Waals surface area contributed by atoms with Crippen molar-refractivity contribution < 1.29 is 0 Å². The highest BCUT2D eigenvalue weighted by Crippen LogP contribution is 2.23. The molecule has 0 aliphatic carbocycles. The Morgan fingerprint density at radius 1 is 1.23 bits per heavy atom. The Morgan fingerprint density at radius 3 is 2.46 bits per heavy atom. The van der Waals surface area contributed by atoms with E-state index in [0.717, 1.165) is 4.47 Å². The third kappa shape index (κ3) is 2.01. The molecule has 0 amide bonds. The van der Waals surface area contributed by atoms with Crippen LogP contribution in [0.25, 0.3) is 10.8 Å². The Bertz CT molecular complexity index is 415. The molecular weight excluding hydrogens is 276 g/mol. The van der Waals surface area contributed by atoms with E-state index in [-0.39, 0.29) is 0 Å². The van der Waals surface area contributed by atoms with Gasteiger partial charge in [0, 0.05) is 12.4 Å². The van der Waals surface area contributed by atoms with Crippen molar-refractivity contribution in [3.05, 3.63) is 21.3 Å². The first-order valence-electron chi connectivity index (χ1n) is 3.22. The van der Waals surface area contributed by atoms with Gasteiger partial charge < -0.3 is 0 Å². The molecule has 0 aliphatic rings. The monoisotopic (exact) mass is 276 g/mol. The molecule has 0 unspecified atom stereocenters. The van der Waals surface area contributed by atoms with E-state index in [1.807, 2.05) is 0 Å². The summed E-state index contributed by atoms with van der Waals surface area (Å²) < 4.78 is 1.22. The van der Waals surface area contributed by atoms with Gasteiger partial charge in [0.15, 0.2) is 10.8 Å². The van der Waals surface area contributed by atoms with Gasteiger partial charge in [0.1, 0.15) is 0 Å². The molecule has 0 aromatic carbocycles. The van der Waals surface area contributed by atoms with Crippen LogP contribution in [-0.2, 0) is 0 Å². The smallest absolute Gasteiger partial charge is 0.207 e. The maximum Gasteiger partial charge on any atom is 0.207 e. The molecule has 0 aliphatic heterocycles. The van der Waals surface area contributed by atoms with Crippen molar-refractivity contribution in [1.82, 2.24) is 20.2 Å². The van der Waals surface area contributed by atoms with Crippen molar-refractivity contribution in [2.45, 2.75) is 0 Å². The maximum atomic E-state index is 5.62. The first-order valence-corrected chi connectivity index (χ1v) is 5.21. The highest BCUT2D eigenvalue weighted by Gasteiger charge is 2.06. The van der Waals surface area contributed by atoms with Crippen LogP contribution in [0.15, 0.2) is 16.9 Å². The van der Waals surface area contributed by atoms with E-state index in [1.165, 1.54) is 11.3 Å². The van der Waals surface area contributed by atoms with E-state index in [2.05, 4.69) is 36.1 Å². The molecule has 0 spiro atoms. The fourth-order valence-electron chi connectivity index (χ4n) is 0.718. The van der Waals surface area contributed by atoms with Gasteiger partial charge in [-0.05, 0) is 27.5 Å². The van der Waals surface area contributed by atoms with Gasteiger partial charge in [0.2, 0.25) is 4.47 Å². The van der Waals surface area contributed by atoms with Gasteiger partial charge in [-0.2, -0.15) is 0 Å². The van der Waals surface area contributed by atoms with Gasteiger partial charge in [-0.1, -0.05) is 11.3 Å². The van der Waals surface area contributed by atoms with E-state index in [0.29, 0.717) is 15.3 Å². The van der Waals surface area contributed by atoms with Gasteiger partial charge in [0.05, 0.1) is 4.47 Å². The average Bonchev–Trinajstić information content (AvgIpc) is 2.53. The number of rotatable bonds is 1. The van der Waals surface area contributed by atoms with Crippen molar-refractivity contribution in [3.8, 4) is 10.8 Å². The summed E-state index contributed by atoms with van der Waals surface area (Å²) >= 11 is 10.1. The summed E-state index contributed by atoms with van der Waals surface area (Å²) in [6.45, 7) is 0. The summed E-state index contributed by atoms with van der Waals surface area (Å²) in [4.78, 5) is 8.11. The zero-order chi connectivity index (χ0) is 9.26. The molecule has 4 nitrogen and oxygen atoms in total. The predicted molar refractivity (Wildman–Crippen MR) is 53.6 cm³/mol. The molecule has 2 heterocycles. The molecule has 0 saturated carbocycles. The molecule has 0 N–H and O–H groups in total. The maximum absolute atomic E-state index is 5.62. The van der Waals surface area contributed by atoms with Crippen LogP contribution in [0.2, 0.25) is 4.47 Å². The SMILES string of the molecule is Clc1nnc(-c2ncc(Br)cn2)s1. The lowest BCUT2D eigenvalue weighted by Crippen LogP contribution is -1.86. The average molecular weight is 278 g/mol. The third-order valence-corrected chi connectivity index (χ3v) is 2.64. The summed E-state index contributed by atoms with van der Waals surface area (Å²) in [6, 6.07) is 0. The normalized spacial score (nSPS) is 10.3. The Kier molecular flexibility index (Phi) is 2.52. The second-order valence-electron chi connectivity index (χ2n) is 2.09. The summed E-state index contributed by atoms with van der Waals surface area (Å²) in [7, 11) is 0. The van der Waals surface area contributed by atoms with E-state index >= 15 is 0 Å². The van der Waals surface area contributed by atoms with E-state index in [4.69, 9.17) is 11.6 Å². The number of nitrogens with zero attached hydrogens (tertiary/aromatic N) is 4. The number of halogens is 2.